The van der Waals surface area contributed by atoms with Gasteiger partial charge < -0.3 is 16.4 Å². The summed E-state index contributed by atoms with van der Waals surface area (Å²) in [5.41, 5.74) is 5.53. The number of unbranched alkanes of at least 4 members (excludes halogenated alkanes) is 1. The van der Waals surface area contributed by atoms with Gasteiger partial charge in [-0.15, -0.1) is 0 Å². The maximum atomic E-state index is 5.53. The zero-order valence-corrected chi connectivity index (χ0v) is 10.0. The Labute approximate surface area is 96.9 Å². The lowest BCUT2D eigenvalue weighted by molar-refractivity contribution is 0.796. The molecule has 1 atom stereocenters. The van der Waals surface area contributed by atoms with Crippen LogP contribution in [-0.2, 0) is 0 Å². The largest absolute Gasteiger partial charge is 0.370 e. The van der Waals surface area contributed by atoms with Gasteiger partial charge >= 0.3 is 0 Å². The van der Waals surface area contributed by atoms with Gasteiger partial charge in [0.1, 0.15) is 18.0 Å². The first kappa shape index (κ1) is 12.7. The fourth-order valence-corrected chi connectivity index (χ4v) is 1.24. The number of hydrogen-bond acceptors (Lipinski definition) is 5. The number of nitrogens with two attached hydrogens (primary N) is 1. The van der Waals surface area contributed by atoms with Crippen LogP contribution in [0.5, 0.6) is 0 Å². The molecule has 1 unspecified atom stereocenters. The van der Waals surface area contributed by atoms with Crippen molar-refractivity contribution in [2.75, 3.05) is 23.7 Å². The van der Waals surface area contributed by atoms with Crippen molar-refractivity contribution in [3.05, 3.63) is 12.4 Å². The highest BCUT2D eigenvalue weighted by Gasteiger charge is 2.01. The number of anilines is 2. The molecule has 4 N–H and O–H groups in total. The second-order valence-corrected chi connectivity index (χ2v) is 3.85. The Hall–Kier alpha value is -1.36. The standard InChI is InChI=1S/C11H21N5/c1-3-4-5-13-10-6-11(15-8-14-10)16-9(2)7-12/h6,8-9H,3-5,7,12H2,1-2H3,(H2,13,14,15,16). The Morgan fingerprint density at radius 2 is 2.12 bits per heavy atom. The van der Waals surface area contributed by atoms with E-state index in [1.54, 1.807) is 6.33 Å². The minimum absolute atomic E-state index is 0.221. The molecule has 5 heteroatoms. The molecule has 0 bridgehead atoms. The third-order valence-corrected chi connectivity index (χ3v) is 2.25. The van der Waals surface area contributed by atoms with Gasteiger partial charge in [0.25, 0.3) is 0 Å². The van der Waals surface area contributed by atoms with Crippen molar-refractivity contribution in [1.82, 2.24) is 9.97 Å². The molecular formula is C11H21N5. The van der Waals surface area contributed by atoms with E-state index in [2.05, 4.69) is 27.5 Å². The molecule has 1 aromatic heterocycles. The van der Waals surface area contributed by atoms with Gasteiger partial charge in [-0.25, -0.2) is 9.97 Å². The maximum Gasteiger partial charge on any atom is 0.131 e. The van der Waals surface area contributed by atoms with Crippen LogP contribution in [0.4, 0.5) is 11.6 Å². The van der Waals surface area contributed by atoms with E-state index in [9.17, 15) is 0 Å². The summed E-state index contributed by atoms with van der Waals surface area (Å²) in [5, 5.41) is 6.46. The van der Waals surface area contributed by atoms with Crippen molar-refractivity contribution in [3.63, 3.8) is 0 Å². The minimum Gasteiger partial charge on any atom is -0.370 e. The second-order valence-electron chi connectivity index (χ2n) is 3.85. The van der Waals surface area contributed by atoms with E-state index >= 15 is 0 Å². The van der Waals surface area contributed by atoms with E-state index in [-0.39, 0.29) is 6.04 Å². The summed E-state index contributed by atoms with van der Waals surface area (Å²) in [5.74, 6) is 1.67. The SMILES string of the molecule is CCCCNc1cc(NC(C)CN)ncn1. The summed E-state index contributed by atoms with van der Waals surface area (Å²) in [6.45, 7) is 5.71. The first-order chi connectivity index (χ1) is 7.76. The Balaban J connectivity index is 2.50. The Morgan fingerprint density at radius 1 is 1.38 bits per heavy atom. The van der Waals surface area contributed by atoms with E-state index < -0.39 is 0 Å². The highest BCUT2D eigenvalue weighted by atomic mass is 15.1. The van der Waals surface area contributed by atoms with E-state index in [1.807, 2.05) is 13.0 Å². The van der Waals surface area contributed by atoms with Crippen molar-refractivity contribution < 1.29 is 0 Å². The van der Waals surface area contributed by atoms with Crippen LogP contribution in [-0.4, -0.2) is 29.1 Å². The summed E-state index contributed by atoms with van der Waals surface area (Å²) in [6.07, 6.45) is 3.87. The Bertz CT molecular complexity index is 302. The van der Waals surface area contributed by atoms with Gasteiger partial charge in [0.2, 0.25) is 0 Å². The van der Waals surface area contributed by atoms with Gasteiger partial charge in [0.05, 0.1) is 0 Å². The quantitative estimate of drug-likeness (QED) is 0.610. The molecule has 0 spiro atoms. The second kappa shape index (κ2) is 7.00. The van der Waals surface area contributed by atoms with E-state index in [4.69, 9.17) is 5.73 Å². The molecule has 0 radical (unpaired) electrons. The van der Waals surface area contributed by atoms with Gasteiger partial charge in [0.15, 0.2) is 0 Å². The number of nitrogens with zero attached hydrogens (tertiary/aromatic N) is 2. The molecule has 0 aliphatic carbocycles. The molecule has 0 aliphatic heterocycles. The molecule has 90 valence electrons. The van der Waals surface area contributed by atoms with Crippen molar-refractivity contribution >= 4 is 11.6 Å². The highest BCUT2D eigenvalue weighted by Crippen LogP contribution is 2.09. The summed E-state index contributed by atoms with van der Waals surface area (Å²) in [7, 11) is 0. The molecule has 0 fully saturated rings. The minimum atomic E-state index is 0.221. The zero-order valence-electron chi connectivity index (χ0n) is 10.0. The molecule has 0 saturated heterocycles. The Kier molecular flexibility index (Phi) is 5.56. The summed E-state index contributed by atoms with van der Waals surface area (Å²) in [6, 6.07) is 2.13. The molecule has 1 rings (SSSR count). The fourth-order valence-electron chi connectivity index (χ4n) is 1.24. The lowest BCUT2D eigenvalue weighted by Gasteiger charge is -2.12. The summed E-state index contributed by atoms with van der Waals surface area (Å²) in [4.78, 5) is 8.29. The van der Waals surface area contributed by atoms with Gasteiger partial charge in [0, 0.05) is 25.2 Å². The van der Waals surface area contributed by atoms with Crippen LogP contribution in [0.25, 0.3) is 0 Å². The topological polar surface area (TPSA) is 75.9 Å². The molecule has 1 heterocycles. The smallest absolute Gasteiger partial charge is 0.131 e. The lowest BCUT2D eigenvalue weighted by atomic mass is 10.3. The number of aromatic nitrogens is 2. The molecule has 5 nitrogen and oxygen atoms in total. The lowest BCUT2D eigenvalue weighted by Crippen LogP contribution is -2.25. The van der Waals surface area contributed by atoms with Gasteiger partial charge in [-0.2, -0.15) is 0 Å². The average Bonchev–Trinajstić information content (AvgIpc) is 2.30. The van der Waals surface area contributed by atoms with Gasteiger partial charge in [-0.05, 0) is 13.3 Å². The van der Waals surface area contributed by atoms with E-state index in [0.29, 0.717) is 6.54 Å². The van der Waals surface area contributed by atoms with Crippen LogP contribution in [0, 0.1) is 0 Å². The first-order valence-electron chi connectivity index (χ1n) is 5.78. The van der Waals surface area contributed by atoms with Gasteiger partial charge in [-0.1, -0.05) is 13.3 Å². The number of nitrogens with one attached hydrogen (secondary N) is 2. The van der Waals surface area contributed by atoms with Crippen molar-refractivity contribution in [1.29, 1.82) is 0 Å². The highest BCUT2D eigenvalue weighted by molar-refractivity contribution is 5.46. The van der Waals surface area contributed by atoms with Crippen LogP contribution < -0.4 is 16.4 Å². The van der Waals surface area contributed by atoms with Crippen molar-refractivity contribution in [2.45, 2.75) is 32.7 Å². The monoisotopic (exact) mass is 223 g/mol. The average molecular weight is 223 g/mol. The first-order valence-corrected chi connectivity index (χ1v) is 5.78. The fraction of sp³-hybridized carbons (Fsp3) is 0.636. The van der Waals surface area contributed by atoms with Crippen molar-refractivity contribution in [3.8, 4) is 0 Å². The molecular weight excluding hydrogens is 202 g/mol. The van der Waals surface area contributed by atoms with Gasteiger partial charge in [-0.3, -0.25) is 0 Å². The molecule has 16 heavy (non-hydrogen) atoms. The molecule has 1 aromatic rings. The number of hydrogen-bond donors (Lipinski definition) is 3. The normalized spacial score (nSPS) is 12.2. The molecule has 0 aliphatic rings. The molecule has 0 saturated carbocycles. The zero-order chi connectivity index (χ0) is 11.8. The summed E-state index contributed by atoms with van der Waals surface area (Å²) >= 11 is 0. The van der Waals surface area contributed by atoms with E-state index in [1.165, 1.54) is 6.42 Å². The maximum absolute atomic E-state index is 5.53. The van der Waals surface area contributed by atoms with Crippen LogP contribution in [0.3, 0.4) is 0 Å². The Morgan fingerprint density at radius 3 is 2.81 bits per heavy atom. The molecule has 0 amide bonds. The third kappa shape index (κ3) is 4.44. The predicted octanol–water partition coefficient (Wildman–Crippen LogP) is 1.45. The third-order valence-electron chi connectivity index (χ3n) is 2.25. The van der Waals surface area contributed by atoms with Crippen molar-refractivity contribution in [2.24, 2.45) is 5.73 Å². The van der Waals surface area contributed by atoms with Crippen LogP contribution in [0.1, 0.15) is 26.7 Å². The predicted molar refractivity (Wildman–Crippen MR) is 67.6 cm³/mol. The van der Waals surface area contributed by atoms with E-state index in [0.717, 1.165) is 24.6 Å². The number of rotatable bonds is 7. The molecule has 0 aromatic carbocycles. The van der Waals surface area contributed by atoms with Crippen LogP contribution in [0.2, 0.25) is 0 Å². The van der Waals surface area contributed by atoms with Crippen LogP contribution in [0.15, 0.2) is 12.4 Å². The van der Waals surface area contributed by atoms with Crippen LogP contribution >= 0.6 is 0 Å². The summed E-state index contributed by atoms with van der Waals surface area (Å²) < 4.78 is 0.